The Balaban J connectivity index is 1.75. The number of nitrogens with two attached hydrogens (primary N) is 1. The number of benzene rings is 2. The molecule has 9 heteroatoms. The highest BCUT2D eigenvalue weighted by Gasteiger charge is 2.37. The normalized spacial score (nSPS) is 13.9. The molecule has 0 fully saturated rings. The van der Waals surface area contributed by atoms with Crippen molar-refractivity contribution in [3.63, 3.8) is 0 Å². The van der Waals surface area contributed by atoms with Crippen LogP contribution in [0.25, 0.3) is 0 Å². The fraction of sp³-hybridized carbons (Fsp3) is 0.400. The van der Waals surface area contributed by atoms with Crippen LogP contribution in [0.5, 0.6) is 11.5 Å². The Morgan fingerprint density at radius 1 is 1.21 bits per heavy atom. The zero-order valence-corrected chi connectivity index (χ0v) is 19.7. The van der Waals surface area contributed by atoms with Crippen LogP contribution in [0.3, 0.4) is 0 Å². The zero-order valence-electron chi connectivity index (χ0n) is 19.7. The smallest absolute Gasteiger partial charge is 0.306 e. The molecule has 8 nitrogen and oxygen atoms in total. The van der Waals surface area contributed by atoms with Crippen LogP contribution in [-0.4, -0.2) is 41.4 Å². The van der Waals surface area contributed by atoms with Gasteiger partial charge >= 0.3 is 5.97 Å². The highest BCUT2D eigenvalue weighted by atomic mass is 19.1. The molecular weight excluding hydrogens is 443 g/mol. The van der Waals surface area contributed by atoms with Crippen molar-refractivity contribution in [2.75, 3.05) is 7.11 Å². The number of ether oxygens (including phenoxy) is 3. The largest absolute Gasteiger partial charge is 0.497 e. The topological polar surface area (TPSA) is 108 Å². The molecule has 2 aromatic rings. The number of fused-ring (bicyclic) bond motifs is 1. The Morgan fingerprint density at radius 3 is 2.59 bits per heavy atom. The van der Waals surface area contributed by atoms with Crippen LogP contribution in [0.15, 0.2) is 36.4 Å². The molecule has 1 atom stereocenters. The quantitative estimate of drug-likeness (QED) is 0.561. The van der Waals surface area contributed by atoms with Crippen LogP contribution in [-0.2, 0) is 27.5 Å². The second kappa shape index (κ2) is 10.1. The van der Waals surface area contributed by atoms with Gasteiger partial charge in [0.25, 0.3) is 5.91 Å². The van der Waals surface area contributed by atoms with Gasteiger partial charge in [-0.3, -0.25) is 14.4 Å². The molecule has 0 spiro atoms. The number of amides is 2. The number of carbonyl (C=O) groups is 3. The van der Waals surface area contributed by atoms with Gasteiger partial charge in [-0.25, -0.2) is 4.39 Å². The van der Waals surface area contributed by atoms with Crippen molar-refractivity contribution >= 4 is 17.8 Å². The predicted octanol–water partition coefficient (Wildman–Crippen LogP) is 3.34. The molecule has 34 heavy (non-hydrogen) atoms. The Morgan fingerprint density at radius 2 is 1.94 bits per heavy atom. The second-order valence-electron chi connectivity index (χ2n) is 9.00. The monoisotopic (exact) mass is 472 g/mol. The summed E-state index contributed by atoms with van der Waals surface area (Å²) in [6.45, 7) is 5.24. The van der Waals surface area contributed by atoms with Gasteiger partial charge in [0, 0.05) is 23.1 Å². The van der Waals surface area contributed by atoms with E-state index in [4.69, 9.17) is 19.9 Å². The van der Waals surface area contributed by atoms with E-state index in [9.17, 15) is 18.8 Å². The average Bonchev–Trinajstić information content (AvgIpc) is 3.09. The van der Waals surface area contributed by atoms with E-state index in [1.807, 2.05) is 0 Å². The fourth-order valence-electron chi connectivity index (χ4n) is 3.76. The van der Waals surface area contributed by atoms with Gasteiger partial charge in [-0.05, 0) is 57.5 Å². The van der Waals surface area contributed by atoms with E-state index in [1.54, 1.807) is 39.0 Å². The van der Waals surface area contributed by atoms with Crippen molar-refractivity contribution in [2.45, 2.75) is 58.4 Å². The Hall–Kier alpha value is -3.62. The lowest BCUT2D eigenvalue weighted by Gasteiger charge is -2.26. The first-order chi connectivity index (χ1) is 16.0. The van der Waals surface area contributed by atoms with Crippen molar-refractivity contribution in [1.82, 2.24) is 4.90 Å². The zero-order chi connectivity index (χ0) is 25.0. The number of nitrogens with zero attached hydrogens (tertiary/aromatic N) is 1. The minimum absolute atomic E-state index is 0.0369. The third kappa shape index (κ3) is 5.84. The first kappa shape index (κ1) is 25.0. The van der Waals surface area contributed by atoms with Gasteiger partial charge in [-0.1, -0.05) is 6.07 Å². The standard InChI is InChI=1S/C25H29FN2O6/c1-25(2,3)34-22(29)11-10-20(23(27)30)28-13-18-17(24(28)31)6-5-7-21(18)33-14-15-12-16(32-4)8-9-19(15)26/h5-9,12,20H,10-11,13-14H2,1-4H3,(H2,27,30)/t20-/m1/s1. The van der Waals surface area contributed by atoms with E-state index in [-0.39, 0.29) is 31.9 Å². The third-order valence-electron chi connectivity index (χ3n) is 5.34. The Kier molecular flexibility index (Phi) is 7.44. The summed E-state index contributed by atoms with van der Waals surface area (Å²) in [7, 11) is 1.49. The molecule has 0 saturated carbocycles. The lowest BCUT2D eigenvalue weighted by molar-refractivity contribution is -0.155. The fourth-order valence-corrected chi connectivity index (χ4v) is 3.76. The number of esters is 1. The van der Waals surface area contributed by atoms with Crippen molar-refractivity contribution < 1.29 is 33.0 Å². The van der Waals surface area contributed by atoms with Gasteiger partial charge < -0.3 is 24.8 Å². The summed E-state index contributed by atoms with van der Waals surface area (Å²) >= 11 is 0. The van der Waals surface area contributed by atoms with Gasteiger partial charge in [0.05, 0.1) is 13.7 Å². The summed E-state index contributed by atoms with van der Waals surface area (Å²) in [6.07, 6.45) is -0.0291. The molecule has 0 bridgehead atoms. The minimum Gasteiger partial charge on any atom is -0.497 e. The number of rotatable bonds is 9. The van der Waals surface area contributed by atoms with E-state index < -0.39 is 29.3 Å². The van der Waals surface area contributed by atoms with Crippen LogP contribution >= 0.6 is 0 Å². The van der Waals surface area contributed by atoms with E-state index in [1.165, 1.54) is 30.2 Å². The van der Waals surface area contributed by atoms with Crippen molar-refractivity contribution in [2.24, 2.45) is 5.73 Å². The first-order valence-corrected chi connectivity index (χ1v) is 10.9. The summed E-state index contributed by atoms with van der Waals surface area (Å²) in [5.41, 5.74) is 6.15. The minimum atomic E-state index is -0.990. The summed E-state index contributed by atoms with van der Waals surface area (Å²) in [4.78, 5) is 38.7. The van der Waals surface area contributed by atoms with Gasteiger partial charge in [-0.2, -0.15) is 0 Å². The second-order valence-corrected chi connectivity index (χ2v) is 9.00. The molecule has 0 aromatic heterocycles. The molecule has 182 valence electrons. The molecule has 2 N–H and O–H groups in total. The molecular formula is C25H29FN2O6. The highest BCUT2D eigenvalue weighted by Crippen LogP contribution is 2.33. The molecule has 0 saturated heterocycles. The number of hydrogen-bond acceptors (Lipinski definition) is 6. The van der Waals surface area contributed by atoms with Crippen molar-refractivity contribution in [3.8, 4) is 11.5 Å². The van der Waals surface area contributed by atoms with Crippen LogP contribution < -0.4 is 15.2 Å². The Bertz CT molecular complexity index is 1100. The predicted molar refractivity (Wildman–Crippen MR) is 122 cm³/mol. The molecule has 1 aliphatic heterocycles. The van der Waals surface area contributed by atoms with E-state index in [2.05, 4.69) is 0 Å². The van der Waals surface area contributed by atoms with Gasteiger partial charge in [0.15, 0.2) is 0 Å². The molecule has 0 aliphatic carbocycles. The maximum atomic E-state index is 14.2. The number of methoxy groups -OCH3 is 1. The lowest BCUT2D eigenvalue weighted by Crippen LogP contribution is -2.45. The molecule has 1 aliphatic rings. The van der Waals surface area contributed by atoms with E-state index in [0.717, 1.165) is 0 Å². The van der Waals surface area contributed by atoms with Gasteiger partial charge in [0.1, 0.15) is 35.6 Å². The van der Waals surface area contributed by atoms with Crippen molar-refractivity contribution in [1.29, 1.82) is 0 Å². The molecule has 3 rings (SSSR count). The number of halogens is 1. The van der Waals surface area contributed by atoms with Crippen LogP contribution in [0, 0.1) is 5.82 Å². The first-order valence-electron chi connectivity index (χ1n) is 10.9. The molecule has 0 radical (unpaired) electrons. The maximum absolute atomic E-state index is 14.2. The average molecular weight is 473 g/mol. The third-order valence-corrected chi connectivity index (χ3v) is 5.34. The number of carbonyl (C=O) groups excluding carboxylic acids is 3. The summed E-state index contributed by atoms with van der Waals surface area (Å²) in [6, 6.07) is 8.30. The highest BCUT2D eigenvalue weighted by molar-refractivity contribution is 6.01. The van der Waals surface area contributed by atoms with Gasteiger partial charge in [-0.15, -0.1) is 0 Å². The summed E-state index contributed by atoms with van der Waals surface area (Å²) in [5, 5.41) is 0. The van der Waals surface area contributed by atoms with E-state index in [0.29, 0.717) is 28.2 Å². The molecule has 1 heterocycles. The van der Waals surface area contributed by atoms with Crippen LogP contribution in [0.1, 0.15) is 55.1 Å². The summed E-state index contributed by atoms with van der Waals surface area (Å²) < 4.78 is 30.4. The van der Waals surface area contributed by atoms with Gasteiger partial charge in [0.2, 0.25) is 5.91 Å². The van der Waals surface area contributed by atoms with Crippen molar-refractivity contribution in [3.05, 3.63) is 58.9 Å². The SMILES string of the molecule is COc1ccc(F)c(COc2cccc3c2CN([C@H](CCC(=O)OC(C)(C)C)C(N)=O)C3=O)c1. The molecule has 2 amide bonds. The lowest BCUT2D eigenvalue weighted by atomic mass is 10.1. The molecule has 0 unspecified atom stereocenters. The maximum Gasteiger partial charge on any atom is 0.306 e. The number of hydrogen-bond donors (Lipinski definition) is 1. The Labute approximate surface area is 197 Å². The van der Waals surface area contributed by atoms with Crippen LogP contribution in [0.4, 0.5) is 4.39 Å². The molecule has 2 aromatic carbocycles. The van der Waals surface area contributed by atoms with E-state index >= 15 is 0 Å². The summed E-state index contributed by atoms with van der Waals surface area (Å²) in [5.74, 6) is -1.14. The van der Waals surface area contributed by atoms with Crippen LogP contribution in [0.2, 0.25) is 0 Å². The number of primary amides is 1.